The molecule has 1 aromatic carbocycles. The molecule has 3 fully saturated rings. The SMILES string of the molecule is O=C(O)CN1C(=O)[C@@H]2[C@H]3C[C@@H]([C@@H]2C1=O)[C@@H]1[C@@H](c2ccc(O)cc2)c2sc(=O)[nH]c2S[C@H]31. The van der Waals surface area contributed by atoms with Crippen molar-refractivity contribution in [3.8, 4) is 5.75 Å². The predicted molar refractivity (Wildman–Crippen MR) is 111 cm³/mol. The molecule has 6 rings (SSSR count). The number of phenolic OH excluding ortho intramolecular Hbond substituents is 1. The van der Waals surface area contributed by atoms with E-state index in [0.717, 1.165) is 26.8 Å². The number of hydrogen-bond donors (Lipinski definition) is 3. The van der Waals surface area contributed by atoms with Crippen molar-refractivity contribution in [2.24, 2.45) is 29.6 Å². The lowest BCUT2D eigenvalue weighted by Crippen LogP contribution is -2.42. The Morgan fingerprint density at radius 3 is 2.45 bits per heavy atom. The van der Waals surface area contributed by atoms with E-state index in [1.165, 1.54) is 11.3 Å². The van der Waals surface area contributed by atoms with Crippen LogP contribution in [0.3, 0.4) is 0 Å². The lowest BCUT2D eigenvalue weighted by Gasteiger charge is -2.43. The fourth-order valence-corrected chi connectivity index (χ4v) is 9.31. The molecule has 1 aromatic heterocycles. The van der Waals surface area contributed by atoms with Crippen LogP contribution in [0.5, 0.6) is 5.75 Å². The lowest BCUT2D eigenvalue weighted by molar-refractivity contribution is -0.149. The molecule has 0 radical (unpaired) electrons. The zero-order chi connectivity index (χ0) is 21.6. The number of aliphatic carboxylic acids is 1. The number of rotatable bonds is 3. The average Bonchev–Trinajstić information content (AvgIpc) is 3.44. The van der Waals surface area contributed by atoms with Gasteiger partial charge in [0.15, 0.2) is 0 Å². The second-order valence-corrected chi connectivity index (χ2v) is 10.9. The normalized spacial score (nSPS) is 35.2. The van der Waals surface area contributed by atoms with Crippen molar-refractivity contribution in [1.29, 1.82) is 0 Å². The highest BCUT2D eigenvalue weighted by atomic mass is 32.2. The van der Waals surface area contributed by atoms with Crippen LogP contribution in [0.4, 0.5) is 0 Å². The first kappa shape index (κ1) is 19.1. The molecule has 2 amide bonds. The number of carboxylic acids is 1. The molecular weight excluding hydrogens is 440 g/mol. The van der Waals surface area contributed by atoms with Crippen LogP contribution in [0.2, 0.25) is 0 Å². The Hall–Kier alpha value is -2.59. The number of aromatic amines is 1. The maximum Gasteiger partial charge on any atom is 0.323 e. The summed E-state index contributed by atoms with van der Waals surface area (Å²) in [4.78, 5) is 54.1. The van der Waals surface area contributed by atoms with Crippen LogP contribution in [-0.2, 0) is 14.4 Å². The van der Waals surface area contributed by atoms with Crippen LogP contribution in [0, 0.1) is 29.6 Å². The van der Waals surface area contributed by atoms with Gasteiger partial charge in [-0.15, -0.1) is 11.8 Å². The molecule has 0 unspecified atom stereocenters. The molecule has 10 heteroatoms. The molecule has 3 heterocycles. The Labute approximate surface area is 184 Å². The van der Waals surface area contributed by atoms with Crippen molar-refractivity contribution in [2.45, 2.75) is 22.6 Å². The van der Waals surface area contributed by atoms with Crippen LogP contribution in [0.25, 0.3) is 0 Å². The van der Waals surface area contributed by atoms with Crippen molar-refractivity contribution < 1.29 is 24.6 Å². The van der Waals surface area contributed by atoms with Gasteiger partial charge < -0.3 is 15.2 Å². The second kappa shape index (κ2) is 6.46. The molecule has 8 nitrogen and oxygen atoms in total. The highest BCUT2D eigenvalue weighted by Crippen LogP contribution is 2.68. The van der Waals surface area contributed by atoms with Gasteiger partial charge in [-0.05, 0) is 41.9 Å². The van der Waals surface area contributed by atoms with Crippen LogP contribution in [0.1, 0.15) is 22.8 Å². The number of imide groups is 1. The molecule has 2 aliphatic heterocycles. The van der Waals surface area contributed by atoms with Gasteiger partial charge in [-0.3, -0.25) is 24.1 Å². The molecule has 2 saturated carbocycles. The third kappa shape index (κ3) is 2.54. The van der Waals surface area contributed by atoms with E-state index in [9.17, 15) is 24.3 Å². The minimum Gasteiger partial charge on any atom is -0.508 e. The van der Waals surface area contributed by atoms with Crippen molar-refractivity contribution in [2.75, 3.05) is 6.54 Å². The Balaban J connectivity index is 1.45. The predicted octanol–water partition coefficient (Wildman–Crippen LogP) is 1.70. The number of nitrogens with one attached hydrogen (secondary N) is 1. The summed E-state index contributed by atoms with van der Waals surface area (Å²) >= 11 is 2.76. The topological polar surface area (TPSA) is 128 Å². The van der Waals surface area contributed by atoms with E-state index in [-0.39, 0.29) is 51.4 Å². The summed E-state index contributed by atoms with van der Waals surface area (Å²) < 4.78 is 0. The molecule has 1 saturated heterocycles. The van der Waals surface area contributed by atoms with Gasteiger partial charge in [-0.2, -0.15) is 0 Å². The number of nitrogens with zero attached hydrogens (tertiary/aromatic N) is 1. The largest absolute Gasteiger partial charge is 0.508 e. The number of aromatic nitrogens is 1. The molecule has 160 valence electrons. The molecular formula is C21H18N2O6S2. The number of carbonyl (C=O) groups excluding carboxylic acids is 2. The summed E-state index contributed by atoms with van der Waals surface area (Å²) in [5.41, 5.74) is 0.966. The number of carbonyl (C=O) groups is 3. The summed E-state index contributed by atoms with van der Waals surface area (Å²) in [6, 6.07) is 6.94. The van der Waals surface area contributed by atoms with Gasteiger partial charge >= 0.3 is 10.8 Å². The number of fused-ring (bicyclic) bond motifs is 9. The number of hydrogen-bond acceptors (Lipinski definition) is 7. The summed E-state index contributed by atoms with van der Waals surface area (Å²) in [5, 5.41) is 19.8. The first-order chi connectivity index (χ1) is 14.8. The first-order valence-electron chi connectivity index (χ1n) is 10.1. The summed E-state index contributed by atoms with van der Waals surface area (Å²) in [6.07, 6.45) is 0.754. The standard InChI is InChI=1S/C21H18N2O6S2/c24-8-3-1-7(2-4-8)12-13-9-5-10(16(13)30-18-17(12)31-21(29)22-18)15-14(9)19(27)23(20(15)28)6-11(25)26/h1-4,9-10,12-16,24H,5-6H2,(H,22,29)(H,25,26)/t9-,10-,12-,13-,14+,15-,16-/m1/s1. The number of thioether (sulfide) groups is 1. The van der Waals surface area contributed by atoms with Gasteiger partial charge in [0.05, 0.1) is 16.9 Å². The highest BCUT2D eigenvalue weighted by molar-refractivity contribution is 8.00. The minimum absolute atomic E-state index is 0.0311. The number of benzene rings is 1. The Bertz CT molecular complexity index is 1190. The first-order valence-corrected chi connectivity index (χ1v) is 11.8. The Morgan fingerprint density at radius 1 is 1.10 bits per heavy atom. The van der Waals surface area contributed by atoms with Crippen LogP contribution < -0.4 is 4.87 Å². The number of thiazole rings is 1. The van der Waals surface area contributed by atoms with Gasteiger partial charge in [0.25, 0.3) is 0 Å². The number of carboxylic acid groups (broad SMARTS) is 1. The van der Waals surface area contributed by atoms with Crippen molar-refractivity contribution in [3.05, 3.63) is 44.4 Å². The molecule has 3 N–H and O–H groups in total. The number of likely N-dealkylation sites (tertiary alicyclic amines) is 1. The van der Waals surface area contributed by atoms with Crippen molar-refractivity contribution in [1.82, 2.24) is 9.88 Å². The molecule has 0 spiro atoms. The number of amides is 2. The van der Waals surface area contributed by atoms with Crippen LogP contribution in [0.15, 0.2) is 34.1 Å². The number of H-pyrrole nitrogens is 1. The zero-order valence-electron chi connectivity index (χ0n) is 16.1. The summed E-state index contributed by atoms with van der Waals surface area (Å²) in [6.45, 7) is -0.589. The van der Waals surface area contributed by atoms with Crippen LogP contribution in [-0.4, -0.2) is 49.7 Å². The molecule has 2 bridgehead atoms. The maximum atomic E-state index is 13.1. The third-order valence-electron chi connectivity index (χ3n) is 7.36. The minimum atomic E-state index is -1.19. The van der Waals surface area contributed by atoms with Gasteiger partial charge in [-0.1, -0.05) is 23.5 Å². The van der Waals surface area contributed by atoms with E-state index < -0.39 is 24.3 Å². The zero-order valence-corrected chi connectivity index (χ0v) is 17.7. The average molecular weight is 459 g/mol. The van der Waals surface area contributed by atoms with Crippen molar-refractivity contribution in [3.63, 3.8) is 0 Å². The van der Waals surface area contributed by atoms with E-state index in [1.807, 2.05) is 12.1 Å². The monoisotopic (exact) mass is 458 g/mol. The van der Waals surface area contributed by atoms with Crippen molar-refractivity contribution >= 4 is 40.9 Å². The molecule has 4 aliphatic rings. The van der Waals surface area contributed by atoms with E-state index >= 15 is 0 Å². The Morgan fingerprint density at radius 2 is 1.77 bits per heavy atom. The molecule has 2 aliphatic carbocycles. The summed E-state index contributed by atoms with van der Waals surface area (Å²) in [7, 11) is 0. The molecule has 2 aromatic rings. The number of aromatic hydroxyl groups is 1. The fourth-order valence-electron chi connectivity index (χ4n) is 6.42. The van der Waals surface area contributed by atoms with E-state index in [4.69, 9.17) is 5.11 Å². The maximum absolute atomic E-state index is 13.1. The lowest BCUT2D eigenvalue weighted by atomic mass is 9.68. The van der Waals surface area contributed by atoms with Gasteiger partial charge in [0, 0.05) is 16.0 Å². The van der Waals surface area contributed by atoms with Gasteiger partial charge in [0.2, 0.25) is 11.8 Å². The highest BCUT2D eigenvalue weighted by Gasteiger charge is 2.69. The summed E-state index contributed by atoms with van der Waals surface area (Å²) in [5.74, 6) is -2.87. The number of phenols is 1. The molecule has 31 heavy (non-hydrogen) atoms. The quantitative estimate of drug-likeness (QED) is 0.597. The van der Waals surface area contributed by atoms with Gasteiger partial charge in [-0.25, -0.2) is 0 Å². The fraction of sp³-hybridized carbons (Fsp3) is 0.429. The Kier molecular flexibility index (Phi) is 3.98. The van der Waals surface area contributed by atoms with E-state index in [1.54, 1.807) is 23.9 Å². The second-order valence-electron chi connectivity index (χ2n) is 8.71. The van der Waals surface area contributed by atoms with Crippen LogP contribution >= 0.6 is 23.1 Å². The molecule has 7 atom stereocenters. The smallest absolute Gasteiger partial charge is 0.323 e. The van der Waals surface area contributed by atoms with E-state index in [0.29, 0.717) is 0 Å². The van der Waals surface area contributed by atoms with Gasteiger partial charge in [0.1, 0.15) is 12.3 Å². The van der Waals surface area contributed by atoms with E-state index in [2.05, 4.69) is 4.98 Å². The third-order valence-corrected chi connectivity index (χ3v) is 9.95.